The third-order valence-corrected chi connectivity index (χ3v) is 4.53. The van der Waals surface area contributed by atoms with E-state index in [2.05, 4.69) is 4.90 Å². The van der Waals surface area contributed by atoms with E-state index in [1.165, 1.54) is 18.6 Å². The van der Waals surface area contributed by atoms with Gasteiger partial charge < -0.3 is 5.73 Å². The van der Waals surface area contributed by atoms with Crippen LogP contribution in [-0.2, 0) is 6.54 Å². The summed E-state index contributed by atoms with van der Waals surface area (Å²) in [5.41, 5.74) is 5.78. The van der Waals surface area contributed by atoms with Crippen molar-refractivity contribution < 1.29 is 8.78 Å². The van der Waals surface area contributed by atoms with E-state index in [9.17, 15) is 8.78 Å². The largest absolute Gasteiger partial charge is 0.330 e. The van der Waals surface area contributed by atoms with Crippen LogP contribution in [0.3, 0.4) is 0 Å². The van der Waals surface area contributed by atoms with Gasteiger partial charge in [-0.25, -0.2) is 8.78 Å². The second-order valence-electron chi connectivity index (χ2n) is 5.14. The molecule has 1 atom stereocenters. The average Bonchev–Trinajstić information content (AvgIpc) is 2.40. The summed E-state index contributed by atoms with van der Waals surface area (Å²) in [6.07, 6.45) is 3.25. The van der Waals surface area contributed by atoms with Gasteiger partial charge in [0.15, 0.2) is 0 Å². The van der Waals surface area contributed by atoms with Crippen LogP contribution in [0.5, 0.6) is 0 Å². The van der Waals surface area contributed by atoms with Crippen molar-refractivity contribution in [3.8, 4) is 0 Å². The molecule has 0 bridgehead atoms. The van der Waals surface area contributed by atoms with Gasteiger partial charge in [-0.3, -0.25) is 4.90 Å². The Morgan fingerprint density at radius 2 is 2.10 bits per heavy atom. The molecule has 0 radical (unpaired) electrons. The number of nitrogens with zero attached hydrogens (tertiary/aromatic N) is 1. The van der Waals surface area contributed by atoms with Gasteiger partial charge in [0.05, 0.1) is 0 Å². The summed E-state index contributed by atoms with van der Waals surface area (Å²) in [6, 6.07) is 2.82. The topological polar surface area (TPSA) is 29.3 Å². The quantitative estimate of drug-likeness (QED) is 0.601. The van der Waals surface area contributed by atoms with Crippen LogP contribution in [-0.4, -0.2) is 24.5 Å². The van der Waals surface area contributed by atoms with Crippen LogP contribution in [0.15, 0.2) is 12.1 Å². The molecule has 1 aliphatic rings. The van der Waals surface area contributed by atoms with Crippen LogP contribution in [0, 0.1) is 21.1 Å². The minimum absolute atomic E-state index is 0. The summed E-state index contributed by atoms with van der Waals surface area (Å²) in [5.74, 6) is -0.298. The van der Waals surface area contributed by atoms with Gasteiger partial charge in [0, 0.05) is 22.2 Å². The van der Waals surface area contributed by atoms with Crippen molar-refractivity contribution in [1.82, 2.24) is 4.90 Å². The molecule has 0 amide bonds. The molecule has 1 aromatic rings. The minimum Gasteiger partial charge on any atom is -0.330 e. The van der Waals surface area contributed by atoms with E-state index in [1.807, 2.05) is 22.6 Å². The number of piperidine rings is 1. The van der Waals surface area contributed by atoms with E-state index in [1.54, 1.807) is 0 Å². The first-order chi connectivity index (χ1) is 9.11. The van der Waals surface area contributed by atoms with Gasteiger partial charge in [-0.05, 0) is 73.0 Å². The van der Waals surface area contributed by atoms with E-state index in [-0.39, 0.29) is 18.0 Å². The van der Waals surface area contributed by atoms with Crippen LogP contribution in [0.1, 0.15) is 24.8 Å². The van der Waals surface area contributed by atoms with Crippen LogP contribution in [0.25, 0.3) is 0 Å². The number of hydrogen-bond acceptors (Lipinski definition) is 2. The normalized spacial score (nSPS) is 19.7. The fraction of sp³-hybridized carbons (Fsp3) is 0.571. The van der Waals surface area contributed by atoms with Crippen molar-refractivity contribution in [1.29, 1.82) is 0 Å². The first kappa shape index (κ1) is 18.1. The molecule has 0 spiro atoms. The first-order valence-corrected chi connectivity index (χ1v) is 7.74. The average molecular weight is 417 g/mol. The molecule has 2 nitrogen and oxygen atoms in total. The molecule has 6 heteroatoms. The highest BCUT2D eigenvalue weighted by atomic mass is 127. The molecule has 0 saturated carbocycles. The van der Waals surface area contributed by atoms with E-state index in [0.29, 0.717) is 22.6 Å². The molecule has 1 heterocycles. The Bertz CT molecular complexity index is 443. The predicted octanol–water partition coefficient (Wildman–Crippen LogP) is 3.55. The molecular weight excluding hydrogens is 397 g/mol. The van der Waals surface area contributed by atoms with Gasteiger partial charge in [-0.1, -0.05) is 0 Å². The Labute approximate surface area is 138 Å². The summed E-state index contributed by atoms with van der Waals surface area (Å²) in [6.45, 7) is 2.84. The summed E-state index contributed by atoms with van der Waals surface area (Å²) >= 11 is 1.90. The standard InChI is InChI=1S/C14H19F2IN2.ClH/c15-12-3-4-13(17)14(16)11(12)9-19-7-1-2-10(8-19)5-6-18;/h3-4,10H,1-2,5-9,18H2;1H. The number of rotatable bonds is 4. The second-order valence-corrected chi connectivity index (χ2v) is 6.30. The van der Waals surface area contributed by atoms with Crippen LogP contribution in [0.2, 0.25) is 0 Å². The van der Waals surface area contributed by atoms with Gasteiger partial charge in [-0.15, -0.1) is 12.4 Å². The molecule has 1 aromatic carbocycles. The summed E-state index contributed by atoms with van der Waals surface area (Å²) in [5, 5.41) is 0. The maximum absolute atomic E-state index is 14.0. The van der Waals surface area contributed by atoms with Crippen LogP contribution < -0.4 is 5.73 Å². The van der Waals surface area contributed by atoms with Crippen molar-refractivity contribution in [3.05, 3.63) is 32.9 Å². The lowest BCUT2D eigenvalue weighted by atomic mass is 9.94. The summed E-state index contributed by atoms with van der Waals surface area (Å²) in [7, 11) is 0. The number of nitrogens with two attached hydrogens (primary N) is 1. The number of hydrogen-bond donors (Lipinski definition) is 1. The minimum atomic E-state index is -0.445. The van der Waals surface area contributed by atoms with Gasteiger partial charge in [-0.2, -0.15) is 0 Å². The molecule has 0 aromatic heterocycles. The number of likely N-dealkylation sites (tertiary alicyclic amines) is 1. The molecule has 0 aliphatic carbocycles. The molecule has 1 saturated heterocycles. The van der Waals surface area contributed by atoms with Crippen molar-refractivity contribution in [2.75, 3.05) is 19.6 Å². The molecule has 1 unspecified atom stereocenters. The lowest BCUT2D eigenvalue weighted by Gasteiger charge is -2.32. The van der Waals surface area contributed by atoms with Crippen molar-refractivity contribution in [2.24, 2.45) is 11.7 Å². The van der Waals surface area contributed by atoms with E-state index in [4.69, 9.17) is 5.73 Å². The molecule has 2 rings (SSSR count). The van der Waals surface area contributed by atoms with Gasteiger partial charge in [0.25, 0.3) is 0 Å². The van der Waals surface area contributed by atoms with Crippen molar-refractivity contribution in [3.63, 3.8) is 0 Å². The van der Waals surface area contributed by atoms with Crippen LogP contribution in [0.4, 0.5) is 8.78 Å². The zero-order chi connectivity index (χ0) is 13.8. The van der Waals surface area contributed by atoms with Gasteiger partial charge in [0.1, 0.15) is 11.6 Å². The van der Waals surface area contributed by atoms with E-state index >= 15 is 0 Å². The molecule has 2 N–H and O–H groups in total. The summed E-state index contributed by atoms with van der Waals surface area (Å²) in [4.78, 5) is 2.14. The highest BCUT2D eigenvalue weighted by molar-refractivity contribution is 14.1. The Balaban J connectivity index is 0.00000200. The maximum atomic E-state index is 14.0. The Kier molecular flexibility index (Phi) is 7.64. The lowest BCUT2D eigenvalue weighted by Crippen LogP contribution is -2.36. The third kappa shape index (κ3) is 4.51. The highest BCUT2D eigenvalue weighted by Crippen LogP contribution is 2.24. The summed E-state index contributed by atoms with van der Waals surface area (Å²) < 4.78 is 28.2. The van der Waals surface area contributed by atoms with Crippen LogP contribution >= 0.6 is 35.0 Å². The zero-order valence-corrected chi connectivity index (χ0v) is 14.2. The van der Waals surface area contributed by atoms with Crippen molar-refractivity contribution in [2.45, 2.75) is 25.8 Å². The van der Waals surface area contributed by atoms with E-state index in [0.717, 1.165) is 25.9 Å². The fourth-order valence-corrected chi connectivity index (χ4v) is 3.21. The molecule has 20 heavy (non-hydrogen) atoms. The highest BCUT2D eigenvalue weighted by Gasteiger charge is 2.22. The monoisotopic (exact) mass is 416 g/mol. The Morgan fingerprint density at radius 3 is 2.80 bits per heavy atom. The SMILES string of the molecule is Cl.NCCC1CCCN(Cc2c(F)ccc(I)c2F)C1. The number of halogens is 4. The number of benzene rings is 1. The first-order valence-electron chi connectivity index (χ1n) is 6.66. The molecule has 114 valence electrons. The predicted molar refractivity (Wildman–Crippen MR) is 88.0 cm³/mol. The third-order valence-electron chi connectivity index (χ3n) is 3.70. The smallest absolute Gasteiger partial charge is 0.143 e. The molecular formula is C14H20ClF2IN2. The Hall–Kier alpha value is 0.0200. The molecule has 1 aliphatic heterocycles. The van der Waals surface area contributed by atoms with E-state index < -0.39 is 11.6 Å². The van der Waals surface area contributed by atoms with Gasteiger partial charge >= 0.3 is 0 Å². The zero-order valence-electron chi connectivity index (χ0n) is 11.2. The Morgan fingerprint density at radius 1 is 1.35 bits per heavy atom. The lowest BCUT2D eigenvalue weighted by molar-refractivity contribution is 0.159. The van der Waals surface area contributed by atoms with Gasteiger partial charge in [0.2, 0.25) is 0 Å². The molecule has 1 fully saturated rings. The second kappa shape index (κ2) is 8.46. The maximum Gasteiger partial charge on any atom is 0.143 e. The van der Waals surface area contributed by atoms with Crippen molar-refractivity contribution >= 4 is 35.0 Å². The fourth-order valence-electron chi connectivity index (χ4n) is 2.70.